The smallest absolute Gasteiger partial charge is 0.0407 e. The van der Waals surface area contributed by atoms with Gasteiger partial charge in [0.1, 0.15) is 0 Å². The second-order valence-corrected chi connectivity index (χ2v) is 6.48. The zero-order valence-electron chi connectivity index (χ0n) is 12.0. The molecule has 1 nitrogen and oxygen atoms in total. The summed E-state index contributed by atoms with van der Waals surface area (Å²) in [6.07, 6.45) is 4.04. The van der Waals surface area contributed by atoms with Crippen LogP contribution in [0.5, 0.6) is 0 Å². The molecule has 1 aliphatic rings. The highest BCUT2D eigenvalue weighted by atomic mass is 32.2. The van der Waals surface area contributed by atoms with Crippen molar-refractivity contribution >= 4 is 17.4 Å². The van der Waals surface area contributed by atoms with Gasteiger partial charge in [-0.05, 0) is 56.0 Å². The molecule has 0 aromatic heterocycles. The number of anilines is 1. The van der Waals surface area contributed by atoms with Gasteiger partial charge >= 0.3 is 0 Å². The molecule has 1 heterocycles. The standard InChI is InChI=1S/C18H21NS/c1-15-17(19-13-6-3-7-14-19)11-8-12-18(15)20-16-9-4-2-5-10-16/h2,4-5,8-12H,3,6-7,13-14H2,1H3. The van der Waals surface area contributed by atoms with E-state index < -0.39 is 0 Å². The van der Waals surface area contributed by atoms with Crippen LogP contribution in [0.4, 0.5) is 5.69 Å². The van der Waals surface area contributed by atoms with Crippen LogP contribution in [-0.4, -0.2) is 13.1 Å². The number of hydrogen-bond acceptors (Lipinski definition) is 2. The average Bonchev–Trinajstić information content (AvgIpc) is 2.51. The van der Waals surface area contributed by atoms with E-state index in [1.54, 1.807) is 0 Å². The van der Waals surface area contributed by atoms with Crippen molar-refractivity contribution in [3.8, 4) is 0 Å². The average molecular weight is 283 g/mol. The molecule has 1 fully saturated rings. The van der Waals surface area contributed by atoms with Gasteiger partial charge in [0.15, 0.2) is 0 Å². The van der Waals surface area contributed by atoms with Crippen LogP contribution in [-0.2, 0) is 0 Å². The van der Waals surface area contributed by atoms with Gasteiger partial charge in [-0.1, -0.05) is 36.0 Å². The predicted molar refractivity (Wildman–Crippen MR) is 87.8 cm³/mol. The van der Waals surface area contributed by atoms with E-state index in [0.29, 0.717) is 0 Å². The summed E-state index contributed by atoms with van der Waals surface area (Å²) in [7, 11) is 0. The molecule has 2 aromatic rings. The molecule has 1 saturated heterocycles. The monoisotopic (exact) mass is 283 g/mol. The number of benzene rings is 2. The van der Waals surface area contributed by atoms with E-state index in [1.807, 2.05) is 11.8 Å². The molecule has 104 valence electrons. The van der Waals surface area contributed by atoms with Gasteiger partial charge in [0, 0.05) is 28.6 Å². The van der Waals surface area contributed by atoms with E-state index in [4.69, 9.17) is 0 Å². The summed E-state index contributed by atoms with van der Waals surface area (Å²) in [5.41, 5.74) is 2.84. The van der Waals surface area contributed by atoms with Crippen molar-refractivity contribution < 1.29 is 0 Å². The molecule has 0 radical (unpaired) electrons. The molecule has 0 spiro atoms. The van der Waals surface area contributed by atoms with Crippen LogP contribution in [0.15, 0.2) is 58.3 Å². The largest absolute Gasteiger partial charge is 0.371 e. The van der Waals surface area contributed by atoms with E-state index in [0.717, 1.165) is 0 Å². The Morgan fingerprint density at radius 3 is 2.35 bits per heavy atom. The van der Waals surface area contributed by atoms with E-state index in [1.165, 1.54) is 53.4 Å². The predicted octanol–water partition coefficient (Wildman–Crippen LogP) is 5.14. The Labute approximate surface area is 126 Å². The Morgan fingerprint density at radius 1 is 0.850 bits per heavy atom. The molecule has 20 heavy (non-hydrogen) atoms. The Morgan fingerprint density at radius 2 is 1.60 bits per heavy atom. The van der Waals surface area contributed by atoms with Crippen molar-refractivity contribution in [2.45, 2.75) is 36.0 Å². The van der Waals surface area contributed by atoms with Crippen LogP contribution in [0.2, 0.25) is 0 Å². The summed E-state index contributed by atoms with van der Waals surface area (Å²) in [5, 5.41) is 0. The lowest BCUT2D eigenvalue weighted by Gasteiger charge is -2.30. The highest BCUT2D eigenvalue weighted by Crippen LogP contribution is 2.35. The summed E-state index contributed by atoms with van der Waals surface area (Å²) < 4.78 is 0. The second-order valence-electron chi connectivity index (χ2n) is 5.36. The molecule has 1 aliphatic heterocycles. The van der Waals surface area contributed by atoms with Crippen LogP contribution in [0.1, 0.15) is 24.8 Å². The molecule has 0 unspecified atom stereocenters. The third kappa shape index (κ3) is 3.01. The lowest BCUT2D eigenvalue weighted by atomic mass is 10.1. The zero-order chi connectivity index (χ0) is 13.8. The van der Waals surface area contributed by atoms with Gasteiger partial charge in [-0.2, -0.15) is 0 Å². The molecular formula is C18H21NS. The molecule has 0 amide bonds. The minimum Gasteiger partial charge on any atom is -0.371 e. The fraction of sp³-hybridized carbons (Fsp3) is 0.333. The molecule has 0 N–H and O–H groups in total. The van der Waals surface area contributed by atoms with E-state index >= 15 is 0 Å². The lowest BCUT2D eigenvalue weighted by molar-refractivity contribution is 0.576. The summed E-state index contributed by atoms with van der Waals surface area (Å²) in [6.45, 7) is 4.68. The van der Waals surface area contributed by atoms with Gasteiger partial charge in [-0.15, -0.1) is 0 Å². The third-order valence-electron chi connectivity index (χ3n) is 3.92. The first kappa shape index (κ1) is 13.6. The van der Waals surface area contributed by atoms with Crippen LogP contribution in [0, 0.1) is 6.92 Å². The molecule has 0 saturated carbocycles. The number of rotatable bonds is 3. The maximum atomic E-state index is 2.55. The maximum Gasteiger partial charge on any atom is 0.0407 e. The molecule has 0 atom stereocenters. The maximum absolute atomic E-state index is 2.55. The van der Waals surface area contributed by atoms with Crippen molar-refractivity contribution in [2.75, 3.05) is 18.0 Å². The Bertz CT molecular complexity index is 559. The lowest BCUT2D eigenvalue weighted by Crippen LogP contribution is -2.29. The first-order valence-corrected chi connectivity index (χ1v) is 8.24. The van der Waals surface area contributed by atoms with Crippen molar-refractivity contribution in [3.63, 3.8) is 0 Å². The summed E-state index contributed by atoms with van der Waals surface area (Å²) in [5.74, 6) is 0. The quantitative estimate of drug-likeness (QED) is 0.767. The van der Waals surface area contributed by atoms with Crippen LogP contribution >= 0.6 is 11.8 Å². The van der Waals surface area contributed by atoms with Crippen LogP contribution < -0.4 is 4.90 Å². The first-order chi connectivity index (χ1) is 9.84. The minimum atomic E-state index is 1.21. The molecule has 3 rings (SSSR count). The summed E-state index contributed by atoms with van der Waals surface area (Å²) in [4.78, 5) is 5.24. The molecule has 2 heteroatoms. The SMILES string of the molecule is Cc1c(Sc2ccccc2)cccc1N1CCCCC1. The van der Waals surface area contributed by atoms with Crippen molar-refractivity contribution in [3.05, 3.63) is 54.1 Å². The molecular weight excluding hydrogens is 262 g/mol. The van der Waals surface area contributed by atoms with E-state index in [-0.39, 0.29) is 0 Å². The van der Waals surface area contributed by atoms with E-state index in [2.05, 4.69) is 60.4 Å². The van der Waals surface area contributed by atoms with Crippen molar-refractivity contribution in [2.24, 2.45) is 0 Å². The summed E-state index contributed by atoms with van der Waals surface area (Å²) in [6, 6.07) is 17.3. The Balaban J connectivity index is 1.85. The minimum absolute atomic E-state index is 1.21. The first-order valence-electron chi connectivity index (χ1n) is 7.42. The van der Waals surface area contributed by atoms with E-state index in [9.17, 15) is 0 Å². The van der Waals surface area contributed by atoms with Gasteiger partial charge in [0.2, 0.25) is 0 Å². The highest BCUT2D eigenvalue weighted by molar-refractivity contribution is 7.99. The Hall–Kier alpha value is -1.41. The van der Waals surface area contributed by atoms with Gasteiger partial charge < -0.3 is 4.90 Å². The van der Waals surface area contributed by atoms with Crippen LogP contribution in [0.3, 0.4) is 0 Å². The second kappa shape index (κ2) is 6.36. The van der Waals surface area contributed by atoms with Crippen LogP contribution in [0.25, 0.3) is 0 Å². The zero-order valence-corrected chi connectivity index (χ0v) is 12.8. The van der Waals surface area contributed by atoms with Gasteiger partial charge in [-0.25, -0.2) is 0 Å². The normalized spacial score (nSPS) is 15.3. The van der Waals surface area contributed by atoms with Crippen molar-refractivity contribution in [1.82, 2.24) is 0 Å². The topological polar surface area (TPSA) is 3.24 Å². The van der Waals surface area contributed by atoms with Crippen molar-refractivity contribution in [1.29, 1.82) is 0 Å². The van der Waals surface area contributed by atoms with Gasteiger partial charge in [-0.3, -0.25) is 0 Å². The fourth-order valence-electron chi connectivity index (χ4n) is 2.81. The number of hydrogen-bond donors (Lipinski definition) is 0. The Kier molecular flexibility index (Phi) is 4.31. The third-order valence-corrected chi connectivity index (χ3v) is 5.09. The molecule has 0 bridgehead atoms. The number of nitrogens with zero attached hydrogens (tertiary/aromatic N) is 1. The van der Waals surface area contributed by atoms with Gasteiger partial charge in [0.05, 0.1) is 0 Å². The fourth-order valence-corrected chi connectivity index (χ4v) is 3.76. The number of piperidine rings is 1. The van der Waals surface area contributed by atoms with Gasteiger partial charge in [0.25, 0.3) is 0 Å². The molecule has 0 aliphatic carbocycles. The highest BCUT2D eigenvalue weighted by Gasteiger charge is 2.14. The molecule has 2 aromatic carbocycles. The summed E-state index contributed by atoms with van der Waals surface area (Å²) >= 11 is 1.87.